The maximum absolute atomic E-state index is 13.3. The van der Waals surface area contributed by atoms with Gasteiger partial charge in [-0.3, -0.25) is 4.90 Å². The Labute approximate surface area is 124 Å². The van der Waals surface area contributed by atoms with Gasteiger partial charge in [0.25, 0.3) is 0 Å². The Morgan fingerprint density at radius 2 is 2.05 bits per heavy atom. The second-order valence-corrected chi connectivity index (χ2v) is 5.81. The number of hydrogen-bond donors (Lipinski definition) is 1. The summed E-state index contributed by atoms with van der Waals surface area (Å²) in [6.07, 6.45) is 0. The lowest BCUT2D eigenvalue weighted by molar-refractivity contribution is 0.382. The van der Waals surface area contributed by atoms with Crippen LogP contribution in [0.15, 0.2) is 28.7 Å². The minimum absolute atomic E-state index is 0.0262. The molecule has 2 aromatic rings. The molecule has 0 amide bonds. The van der Waals surface area contributed by atoms with Gasteiger partial charge in [-0.15, -0.1) is 5.10 Å². The van der Waals surface area contributed by atoms with Crippen molar-refractivity contribution in [1.82, 2.24) is 15.5 Å². The molecule has 0 atom stereocenters. The van der Waals surface area contributed by atoms with Gasteiger partial charge < -0.3 is 9.73 Å². The quantitative estimate of drug-likeness (QED) is 0.916. The van der Waals surface area contributed by atoms with E-state index in [0.717, 1.165) is 0 Å². The number of nitrogens with zero attached hydrogens (tertiary/aromatic N) is 3. The fourth-order valence-corrected chi connectivity index (χ4v) is 1.84. The van der Waals surface area contributed by atoms with Crippen molar-refractivity contribution in [2.24, 2.45) is 0 Å². The summed E-state index contributed by atoms with van der Waals surface area (Å²) in [5, 5.41) is 11.3. The Morgan fingerprint density at radius 1 is 1.29 bits per heavy atom. The highest BCUT2D eigenvalue weighted by Crippen LogP contribution is 2.24. The summed E-state index contributed by atoms with van der Waals surface area (Å²) < 4.78 is 19.0. The Balaban J connectivity index is 2.14. The first-order valence-corrected chi connectivity index (χ1v) is 6.99. The fraction of sp³-hybridized carbons (Fsp3) is 0.467. The molecule has 0 radical (unpaired) electrons. The lowest BCUT2D eigenvalue weighted by atomic mass is 10.1. The van der Waals surface area contributed by atoms with E-state index in [0.29, 0.717) is 30.7 Å². The molecular weight excluding hydrogens is 271 g/mol. The molecule has 5 nitrogen and oxygen atoms in total. The van der Waals surface area contributed by atoms with E-state index in [1.165, 1.54) is 12.1 Å². The molecule has 1 aromatic heterocycles. The topological polar surface area (TPSA) is 54.2 Å². The number of benzene rings is 1. The first kappa shape index (κ1) is 15.4. The molecule has 0 saturated carbocycles. The summed E-state index contributed by atoms with van der Waals surface area (Å²) >= 11 is 0. The van der Waals surface area contributed by atoms with Crippen LogP contribution >= 0.6 is 0 Å². The van der Waals surface area contributed by atoms with Gasteiger partial charge in [-0.05, 0) is 45.9 Å². The van der Waals surface area contributed by atoms with E-state index in [4.69, 9.17) is 4.42 Å². The third-order valence-electron chi connectivity index (χ3n) is 2.89. The van der Waals surface area contributed by atoms with Gasteiger partial charge in [0, 0.05) is 17.8 Å². The Bertz CT molecular complexity index is 591. The fourth-order valence-electron chi connectivity index (χ4n) is 1.84. The average molecular weight is 292 g/mol. The van der Waals surface area contributed by atoms with Crippen molar-refractivity contribution >= 4 is 11.7 Å². The first-order valence-electron chi connectivity index (χ1n) is 6.99. The summed E-state index contributed by atoms with van der Waals surface area (Å²) in [4.78, 5) is 1.77. The van der Waals surface area contributed by atoms with Gasteiger partial charge in [0.2, 0.25) is 5.89 Å². The van der Waals surface area contributed by atoms with E-state index in [1.807, 2.05) is 13.0 Å². The van der Waals surface area contributed by atoms with Crippen LogP contribution in [0.25, 0.3) is 0 Å². The molecule has 0 bridgehead atoms. The molecule has 0 aliphatic heterocycles. The molecule has 0 fully saturated rings. The van der Waals surface area contributed by atoms with Gasteiger partial charge in [-0.1, -0.05) is 11.2 Å². The van der Waals surface area contributed by atoms with E-state index >= 15 is 0 Å². The van der Waals surface area contributed by atoms with Gasteiger partial charge in [0.05, 0.1) is 6.54 Å². The Kier molecular flexibility index (Phi) is 4.57. The molecule has 1 N–H and O–H groups in total. The number of rotatable bonds is 5. The van der Waals surface area contributed by atoms with Crippen LogP contribution in [0.5, 0.6) is 0 Å². The van der Waals surface area contributed by atoms with Gasteiger partial charge in [0.1, 0.15) is 5.82 Å². The molecule has 0 unspecified atom stereocenters. The van der Waals surface area contributed by atoms with E-state index in [2.05, 4.69) is 36.3 Å². The lowest BCUT2D eigenvalue weighted by Crippen LogP contribution is -2.35. The van der Waals surface area contributed by atoms with Gasteiger partial charge in [-0.25, -0.2) is 4.39 Å². The number of anilines is 2. The van der Waals surface area contributed by atoms with Gasteiger partial charge in [-0.2, -0.15) is 0 Å². The van der Waals surface area contributed by atoms with Gasteiger partial charge >= 0.3 is 6.01 Å². The van der Waals surface area contributed by atoms with Crippen LogP contribution in [0.3, 0.4) is 0 Å². The van der Waals surface area contributed by atoms with Crippen molar-refractivity contribution in [1.29, 1.82) is 0 Å². The lowest BCUT2D eigenvalue weighted by Gasteiger charge is -2.19. The van der Waals surface area contributed by atoms with Crippen molar-refractivity contribution in [2.45, 2.75) is 39.8 Å². The van der Waals surface area contributed by atoms with Crippen LogP contribution in [0.4, 0.5) is 16.1 Å². The molecule has 0 aliphatic rings. The van der Waals surface area contributed by atoms with Crippen LogP contribution in [0.2, 0.25) is 0 Å². The minimum atomic E-state index is -0.292. The highest BCUT2D eigenvalue weighted by Gasteiger charge is 2.17. The maximum atomic E-state index is 13.3. The van der Waals surface area contributed by atoms with Crippen molar-refractivity contribution in [3.63, 3.8) is 0 Å². The third-order valence-corrected chi connectivity index (χ3v) is 2.89. The summed E-state index contributed by atoms with van der Waals surface area (Å²) in [7, 11) is 0. The molecule has 0 saturated heterocycles. The zero-order valence-electron chi connectivity index (χ0n) is 12.9. The smallest absolute Gasteiger partial charge is 0.322 e. The molecule has 0 spiro atoms. The first-order chi connectivity index (χ1) is 9.89. The van der Waals surface area contributed by atoms with Crippen LogP contribution in [-0.2, 0) is 6.54 Å². The highest BCUT2D eigenvalue weighted by molar-refractivity contribution is 5.55. The normalized spacial score (nSPS) is 11.7. The number of aromatic nitrogens is 2. The van der Waals surface area contributed by atoms with Crippen molar-refractivity contribution in [3.05, 3.63) is 36.0 Å². The number of nitrogens with one attached hydrogen (secondary N) is 1. The standard InChI is InChI=1S/C15H21FN4O/c1-5-20(12-8-6-7-11(16)9-12)14-19-18-13(21-14)10-17-15(2,3)4/h6-9,17H,5,10H2,1-4H3. The van der Waals surface area contributed by atoms with E-state index in [-0.39, 0.29) is 11.4 Å². The van der Waals surface area contributed by atoms with Crippen molar-refractivity contribution in [2.75, 3.05) is 11.4 Å². The molecule has 1 aromatic carbocycles. The zero-order chi connectivity index (χ0) is 15.5. The third kappa shape index (κ3) is 4.26. The number of hydrogen-bond acceptors (Lipinski definition) is 5. The minimum Gasteiger partial charge on any atom is -0.406 e. The maximum Gasteiger partial charge on any atom is 0.322 e. The predicted octanol–water partition coefficient (Wildman–Crippen LogP) is 3.25. The second-order valence-electron chi connectivity index (χ2n) is 5.81. The average Bonchev–Trinajstić information content (AvgIpc) is 2.85. The van der Waals surface area contributed by atoms with Crippen molar-refractivity contribution in [3.8, 4) is 0 Å². The summed E-state index contributed by atoms with van der Waals surface area (Å²) in [6, 6.07) is 6.69. The molecule has 0 aliphatic carbocycles. The number of halogens is 1. The van der Waals surface area contributed by atoms with E-state index in [9.17, 15) is 4.39 Å². The molecule has 1 heterocycles. The van der Waals surface area contributed by atoms with Crippen LogP contribution < -0.4 is 10.2 Å². The summed E-state index contributed by atoms with van der Waals surface area (Å²) in [5.41, 5.74) is 0.665. The summed E-state index contributed by atoms with van der Waals surface area (Å²) in [5.74, 6) is 0.217. The Morgan fingerprint density at radius 3 is 2.67 bits per heavy atom. The molecule has 6 heteroatoms. The SMILES string of the molecule is CCN(c1cccc(F)c1)c1nnc(CNC(C)(C)C)o1. The van der Waals surface area contributed by atoms with E-state index < -0.39 is 0 Å². The molecule has 2 rings (SSSR count). The van der Waals surface area contributed by atoms with E-state index in [1.54, 1.807) is 11.0 Å². The monoisotopic (exact) mass is 292 g/mol. The second kappa shape index (κ2) is 6.22. The summed E-state index contributed by atoms with van der Waals surface area (Å²) in [6.45, 7) is 9.25. The highest BCUT2D eigenvalue weighted by atomic mass is 19.1. The zero-order valence-corrected chi connectivity index (χ0v) is 12.9. The van der Waals surface area contributed by atoms with Crippen LogP contribution in [0, 0.1) is 5.82 Å². The van der Waals surface area contributed by atoms with Gasteiger partial charge in [0.15, 0.2) is 0 Å². The van der Waals surface area contributed by atoms with Crippen molar-refractivity contribution < 1.29 is 8.81 Å². The molecule has 21 heavy (non-hydrogen) atoms. The molecule has 114 valence electrons. The Hall–Kier alpha value is -1.95. The molecular formula is C15H21FN4O. The van der Waals surface area contributed by atoms with Crippen LogP contribution in [-0.4, -0.2) is 22.3 Å². The largest absolute Gasteiger partial charge is 0.406 e. The predicted molar refractivity (Wildman–Crippen MR) is 80.0 cm³/mol. The van der Waals surface area contributed by atoms with Crippen LogP contribution in [0.1, 0.15) is 33.6 Å².